The van der Waals surface area contributed by atoms with Crippen molar-refractivity contribution in [2.45, 2.75) is 9.96 Å². The average Bonchev–Trinajstić information content (AvgIpc) is 2.55. The first-order valence-electron chi connectivity index (χ1n) is 6.82. The third kappa shape index (κ3) is 4.94. The van der Waals surface area contributed by atoms with Crippen LogP contribution >= 0.6 is 34.8 Å². The molecular formula is C15H11Cl3FN3O3. The molecule has 0 aliphatic carbocycles. The lowest BCUT2D eigenvalue weighted by molar-refractivity contribution is -0.385. The number of anilines is 1. The van der Waals surface area contributed by atoms with Gasteiger partial charge in [-0.1, -0.05) is 59.1 Å². The first-order valence-corrected chi connectivity index (χ1v) is 7.95. The molecule has 2 N–H and O–H groups in total. The Bertz CT molecular complexity index is 799. The van der Waals surface area contributed by atoms with Crippen LogP contribution in [0.4, 0.5) is 15.8 Å². The number of rotatable bonds is 5. The van der Waals surface area contributed by atoms with Gasteiger partial charge in [-0.05, 0) is 18.2 Å². The van der Waals surface area contributed by atoms with Gasteiger partial charge in [0.05, 0.1) is 10.6 Å². The predicted octanol–water partition coefficient (Wildman–Crippen LogP) is 4.27. The molecular weight excluding hydrogens is 396 g/mol. The van der Waals surface area contributed by atoms with E-state index in [1.807, 2.05) is 0 Å². The topological polar surface area (TPSA) is 84.3 Å². The number of para-hydroxylation sites is 2. The van der Waals surface area contributed by atoms with Crippen LogP contribution in [0, 0.1) is 15.9 Å². The predicted molar refractivity (Wildman–Crippen MR) is 94.7 cm³/mol. The van der Waals surface area contributed by atoms with E-state index in [1.54, 1.807) is 6.07 Å². The Balaban J connectivity index is 2.28. The van der Waals surface area contributed by atoms with Crippen LogP contribution in [-0.4, -0.2) is 20.8 Å². The van der Waals surface area contributed by atoms with E-state index < -0.39 is 32.3 Å². The summed E-state index contributed by atoms with van der Waals surface area (Å²) in [6.45, 7) is 0. The van der Waals surface area contributed by atoms with E-state index in [0.29, 0.717) is 0 Å². The molecule has 1 amide bonds. The van der Waals surface area contributed by atoms with Crippen molar-refractivity contribution in [1.82, 2.24) is 5.32 Å². The molecule has 2 aromatic rings. The first-order chi connectivity index (χ1) is 11.7. The van der Waals surface area contributed by atoms with Gasteiger partial charge in [-0.3, -0.25) is 14.9 Å². The second-order valence-electron chi connectivity index (χ2n) is 4.85. The van der Waals surface area contributed by atoms with E-state index in [9.17, 15) is 19.3 Å². The van der Waals surface area contributed by atoms with Gasteiger partial charge in [-0.25, -0.2) is 4.39 Å². The van der Waals surface area contributed by atoms with Crippen LogP contribution < -0.4 is 10.6 Å². The molecule has 0 saturated carbocycles. The highest BCUT2D eigenvalue weighted by Crippen LogP contribution is 2.32. The molecule has 0 bridgehead atoms. The Morgan fingerprint density at radius 3 is 2.32 bits per heavy atom. The van der Waals surface area contributed by atoms with Crippen molar-refractivity contribution >= 4 is 52.1 Å². The number of alkyl halides is 3. The second kappa shape index (κ2) is 7.86. The highest BCUT2D eigenvalue weighted by atomic mass is 35.6. The normalized spacial score (nSPS) is 12.3. The van der Waals surface area contributed by atoms with Gasteiger partial charge in [-0.15, -0.1) is 0 Å². The smallest absolute Gasteiger partial charge is 0.282 e. The van der Waals surface area contributed by atoms with Crippen LogP contribution in [0.1, 0.15) is 10.4 Å². The van der Waals surface area contributed by atoms with Gasteiger partial charge in [0.2, 0.25) is 3.79 Å². The van der Waals surface area contributed by atoms with E-state index in [1.165, 1.54) is 42.5 Å². The number of nitro benzene ring substituents is 1. The lowest BCUT2D eigenvalue weighted by Crippen LogP contribution is -2.49. The van der Waals surface area contributed by atoms with Crippen molar-refractivity contribution < 1.29 is 14.1 Å². The first kappa shape index (κ1) is 19.2. The van der Waals surface area contributed by atoms with Crippen LogP contribution in [-0.2, 0) is 0 Å². The van der Waals surface area contributed by atoms with Crippen LogP contribution in [0.25, 0.3) is 0 Å². The number of carbonyl (C=O) groups is 1. The van der Waals surface area contributed by atoms with Crippen molar-refractivity contribution in [3.8, 4) is 0 Å². The maximum absolute atomic E-state index is 13.8. The summed E-state index contributed by atoms with van der Waals surface area (Å²) in [4.78, 5) is 22.7. The number of hydrogen-bond donors (Lipinski definition) is 2. The van der Waals surface area contributed by atoms with Crippen LogP contribution in [0.3, 0.4) is 0 Å². The maximum Gasteiger partial charge on any atom is 0.282 e. The van der Waals surface area contributed by atoms with Crippen molar-refractivity contribution in [2.75, 3.05) is 5.32 Å². The molecule has 0 fully saturated rings. The van der Waals surface area contributed by atoms with E-state index in [-0.39, 0.29) is 11.3 Å². The lowest BCUT2D eigenvalue weighted by Gasteiger charge is -2.27. The molecule has 0 heterocycles. The third-order valence-corrected chi connectivity index (χ3v) is 3.78. The number of nitrogens with one attached hydrogen (secondary N) is 2. The molecule has 0 unspecified atom stereocenters. The molecule has 0 radical (unpaired) electrons. The van der Waals surface area contributed by atoms with Crippen molar-refractivity contribution in [3.05, 3.63) is 70.0 Å². The molecule has 2 rings (SSSR count). The van der Waals surface area contributed by atoms with Crippen molar-refractivity contribution in [2.24, 2.45) is 0 Å². The molecule has 0 aliphatic rings. The molecule has 0 aromatic heterocycles. The molecule has 2 aromatic carbocycles. The molecule has 0 aliphatic heterocycles. The summed E-state index contributed by atoms with van der Waals surface area (Å²) >= 11 is 17.5. The monoisotopic (exact) mass is 405 g/mol. The number of amides is 1. The quantitative estimate of drug-likeness (QED) is 0.336. The van der Waals surface area contributed by atoms with Gasteiger partial charge in [0.1, 0.15) is 17.5 Å². The summed E-state index contributed by atoms with van der Waals surface area (Å²) in [6, 6.07) is 10.9. The van der Waals surface area contributed by atoms with Gasteiger partial charge in [-0.2, -0.15) is 0 Å². The highest BCUT2D eigenvalue weighted by molar-refractivity contribution is 6.68. The number of nitrogens with zero attached hydrogens (tertiary/aromatic N) is 1. The Kier molecular flexibility index (Phi) is 6.05. The fraction of sp³-hybridized carbons (Fsp3) is 0.133. The number of nitro groups is 1. The minimum atomic E-state index is -2.05. The zero-order valence-electron chi connectivity index (χ0n) is 12.4. The molecule has 0 spiro atoms. The Morgan fingerprint density at radius 1 is 1.12 bits per heavy atom. The minimum Gasteiger partial charge on any atom is -0.359 e. The fourth-order valence-electron chi connectivity index (χ4n) is 1.97. The lowest BCUT2D eigenvalue weighted by atomic mass is 10.1. The SMILES string of the molecule is O=C(N[C@@H](Nc1ccccc1F)C(Cl)(Cl)Cl)c1ccccc1[N+](=O)[O-]. The highest BCUT2D eigenvalue weighted by Gasteiger charge is 2.35. The summed E-state index contributed by atoms with van der Waals surface area (Å²) in [6.07, 6.45) is -1.35. The van der Waals surface area contributed by atoms with E-state index >= 15 is 0 Å². The summed E-state index contributed by atoms with van der Waals surface area (Å²) in [5.41, 5.74) is -0.641. The summed E-state index contributed by atoms with van der Waals surface area (Å²) in [5, 5.41) is 15.9. The van der Waals surface area contributed by atoms with Crippen LogP contribution in [0.5, 0.6) is 0 Å². The number of carbonyl (C=O) groups excluding carboxylic acids is 1. The molecule has 132 valence electrons. The molecule has 6 nitrogen and oxygen atoms in total. The standard InChI is InChI=1S/C15H11Cl3FN3O3/c16-15(17,18)14(20-11-7-3-2-6-10(11)19)21-13(23)9-5-1-4-8-12(9)22(24)25/h1-8,14,20H,(H,21,23)/t14-/m1/s1. The largest absolute Gasteiger partial charge is 0.359 e. The maximum atomic E-state index is 13.8. The van der Waals surface area contributed by atoms with Gasteiger partial charge >= 0.3 is 0 Å². The zero-order chi connectivity index (χ0) is 18.6. The van der Waals surface area contributed by atoms with E-state index in [4.69, 9.17) is 34.8 Å². The third-order valence-electron chi connectivity index (χ3n) is 3.12. The summed E-state index contributed by atoms with van der Waals surface area (Å²) in [5.74, 6) is -1.48. The Labute approximate surface area is 157 Å². The van der Waals surface area contributed by atoms with Crippen LogP contribution in [0.15, 0.2) is 48.5 Å². The average molecular weight is 407 g/mol. The zero-order valence-corrected chi connectivity index (χ0v) is 14.6. The van der Waals surface area contributed by atoms with Gasteiger partial charge in [0.15, 0.2) is 0 Å². The summed E-state index contributed by atoms with van der Waals surface area (Å²) in [7, 11) is 0. The minimum absolute atomic E-state index is 0.0123. The van der Waals surface area contributed by atoms with Crippen LogP contribution in [0.2, 0.25) is 0 Å². The molecule has 1 atom stereocenters. The van der Waals surface area contributed by atoms with E-state index in [0.717, 1.165) is 0 Å². The van der Waals surface area contributed by atoms with Crippen molar-refractivity contribution in [1.29, 1.82) is 0 Å². The van der Waals surface area contributed by atoms with Crippen molar-refractivity contribution in [3.63, 3.8) is 0 Å². The molecule has 0 saturated heterocycles. The van der Waals surface area contributed by atoms with E-state index in [2.05, 4.69) is 10.6 Å². The number of hydrogen-bond acceptors (Lipinski definition) is 4. The Morgan fingerprint density at radius 2 is 1.72 bits per heavy atom. The molecule has 25 heavy (non-hydrogen) atoms. The van der Waals surface area contributed by atoms with Gasteiger partial charge in [0.25, 0.3) is 11.6 Å². The molecule has 10 heteroatoms. The fourth-order valence-corrected chi connectivity index (χ4v) is 2.29. The van der Waals surface area contributed by atoms with Gasteiger partial charge < -0.3 is 10.6 Å². The Hall–Kier alpha value is -2.09. The summed E-state index contributed by atoms with van der Waals surface area (Å²) < 4.78 is 11.7. The number of benzene rings is 2. The second-order valence-corrected chi connectivity index (χ2v) is 7.22. The van der Waals surface area contributed by atoms with Gasteiger partial charge in [0, 0.05) is 6.07 Å². The number of halogens is 4.